The summed E-state index contributed by atoms with van der Waals surface area (Å²) in [5.74, 6) is 0. The van der Waals surface area contributed by atoms with Gasteiger partial charge < -0.3 is 10.1 Å². The van der Waals surface area contributed by atoms with Crippen LogP contribution in [0.5, 0.6) is 0 Å². The molecule has 1 aliphatic heterocycles. The molecule has 0 aliphatic carbocycles. The fourth-order valence-corrected chi connectivity index (χ4v) is 3.66. The molecule has 0 amide bonds. The Morgan fingerprint density at radius 1 is 1.29 bits per heavy atom. The highest BCUT2D eigenvalue weighted by molar-refractivity contribution is 7.11. The van der Waals surface area contributed by atoms with E-state index in [1.807, 2.05) is 6.07 Å². The lowest BCUT2D eigenvalue weighted by atomic mass is 10.1. The van der Waals surface area contributed by atoms with Crippen molar-refractivity contribution in [3.05, 3.63) is 45.9 Å². The lowest BCUT2D eigenvalue weighted by molar-refractivity contribution is 0.0144. The Balaban J connectivity index is 1.81. The number of rotatable bonds is 5. The highest BCUT2D eigenvalue weighted by Gasteiger charge is 2.23. The van der Waals surface area contributed by atoms with Crippen LogP contribution in [0.3, 0.4) is 0 Å². The van der Waals surface area contributed by atoms with Crippen molar-refractivity contribution in [3.8, 4) is 0 Å². The van der Waals surface area contributed by atoms with Gasteiger partial charge in [-0.15, -0.1) is 10.2 Å². The number of hydrogen-bond acceptors (Lipinski definition) is 5. The summed E-state index contributed by atoms with van der Waals surface area (Å²) in [4.78, 5) is 0. The molecular formula is C16H21N3OS. The van der Waals surface area contributed by atoms with Gasteiger partial charge in [0.1, 0.15) is 16.1 Å². The molecule has 1 aliphatic rings. The van der Waals surface area contributed by atoms with Crippen LogP contribution in [0.4, 0.5) is 0 Å². The number of aromatic nitrogens is 2. The molecule has 2 atom stereocenters. The summed E-state index contributed by atoms with van der Waals surface area (Å²) in [6.45, 7) is 3.85. The van der Waals surface area contributed by atoms with E-state index in [9.17, 15) is 0 Å². The normalized spacial score (nSPS) is 20.3. The van der Waals surface area contributed by atoms with Crippen LogP contribution in [-0.2, 0) is 4.74 Å². The van der Waals surface area contributed by atoms with E-state index in [0.29, 0.717) is 0 Å². The van der Waals surface area contributed by atoms with Crippen molar-refractivity contribution in [2.45, 2.75) is 38.3 Å². The van der Waals surface area contributed by atoms with E-state index in [4.69, 9.17) is 4.74 Å². The van der Waals surface area contributed by atoms with Crippen LogP contribution in [0, 0.1) is 0 Å². The molecule has 2 aromatic rings. The summed E-state index contributed by atoms with van der Waals surface area (Å²) in [6, 6.07) is 10.5. The van der Waals surface area contributed by atoms with Crippen LogP contribution in [0.2, 0.25) is 0 Å². The van der Waals surface area contributed by atoms with Gasteiger partial charge >= 0.3 is 0 Å². The van der Waals surface area contributed by atoms with Gasteiger partial charge in [0, 0.05) is 6.61 Å². The van der Waals surface area contributed by atoms with Crippen molar-refractivity contribution in [1.82, 2.24) is 15.5 Å². The largest absolute Gasteiger partial charge is 0.371 e. The quantitative estimate of drug-likeness (QED) is 0.918. The molecule has 4 nitrogen and oxygen atoms in total. The highest BCUT2D eigenvalue weighted by Crippen LogP contribution is 2.33. The third-order valence-electron chi connectivity index (χ3n) is 3.70. The van der Waals surface area contributed by atoms with E-state index in [1.54, 1.807) is 11.3 Å². The molecule has 0 bridgehead atoms. The third kappa shape index (κ3) is 3.48. The number of hydrogen-bond donors (Lipinski definition) is 1. The molecular weight excluding hydrogens is 282 g/mol. The summed E-state index contributed by atoms with van der Waals surface area (Å²) < 4.78 is 5.81. The maximum absolute atomic E-state index is 5.81. The van der Waals surface area contributed by atoms with Gasteiger partial charge in [-0.2, -0.15) is 0 Å². The summed E-state index contributed by atoms with van der Waals surface area (Å²) in [5, 5.41) is 14.3. The lowest BCUT2D eigenvalue weighted by Crippen LogP contribution is -2.21. The fourth-order valence-electron chi connectivity index (χ4n) is 2.63. The van der Waals surface area contributed by atoms with Crippen LogP contribution in [0.15, 0.2) is 30.3 Å². The van der Waals surface area contributed by atoms with Gasteiger partial charge in [-0.25, -0.2) is 0 Å². The molecule has 1 saturated heterocycles. The van der Waals surface area contributed by atoms with Crippen molar-refractivity contribution in [3.63, 3.8) is 0 Å². The van der Waals surface area contributed by atoms with Gasteiger partial charge in [0.2, 0.25) is 0 Å². The topological polar surface area (TPSA) is 47.0 Å². The van der Waals surface area contributed by atoms with Gasteiger partial charge in [-0.1, -0.05) is 48.6 Å². The number of nitrogens with one attached hydrogen (secondary N) is 1. The van der Waals surface area contributed by atoms with Crippen molar-refractivity contribution in [2.75, 3.05) is 13.2 Å². The Morgan fingerprint density at radius 2 is 2.14 bits per heavy atom. The van der Waals surface area contributed by atoms with Gasteiger partial charge in [-0.05, 0) is 31.4 Å². The van der Waals surface area contributed by atoms with Crippen molar-refractivity contribution >= 4 is 11.3 Å². The summed E-state index contributed by atoms with van der Waals surface area (Å²) in [7, 11) is 0. The zero-order valence-electron chi connectivity index (χ0n) is 12.3. The second-order valence-electron chi connectivity index (χ2n) is 5.24. The molecule has 1 N–H and O–H groups in total. The van der Waals surface area contributed by atoms with Gasteiger partial charge in [0.15, 0.2) is 0 Å². The minimum atomic E-state index is 0.117. The second kappa shape index (κ2) is 7.11. The minimum Gasteiger partial charge on any atom is -0.371 e. The third-order valence-corrected chi connectivity index (χ3v) is 4.78. The molecule has 5 heteroatoms. The first-order valence-corrected chi connectivity index (χ1v) is 8.43. The van der Waals surface area contributed by atoms with E-state index in [1.165, 1.54) is 12.0 Å². The maximum atomic E-state index is 5.81. The average molecular weight is 303 g/mol. The zero-order valence-corrected chi connectivity index (χ0v) is 13.1. The standard InChI is InChI=1S/C16H21N3OS/c1-2-17-14(12-8-4-3-5-9-12)16-19-18-15(21-16)13-10-6-7-11-20-13/h3-5,8-9,13-14,17H,2,6-7,10-11H2,1H3. The van der Waals surface area contributed by atoms with Gasteiger partial charge in [0.25, 0.3) is 0 Å². The SMILES string of the molecule is CCNC(c1ccccc1)c1nnc(C2CCCCO2)s1. The van der Waals surface area contributed by atoms with Crippen molar-refractivity contribution in [2.24, 2.45) is 0 Å². The first-order valence-electron chi connectivity index (χ1n) is 7.61. The van der Waals surface area contributed by atoms with E-state index in [2.05, 4.69) is 46.7 Å². The lowest BCUT2D eigenvalue weighted by Gasteiger charge is -2.19. The summed E-state index contributed by atoms with van der Waals surface area (Å²) in [5.41, 5.74) is 1.23. The molecule has 1 aromatic carbocycles. The molecule has 2 heterocycles. The smallest absolute Gasteiger partial charge is 0.146 e. The van der Waals surface area contributed by atoms with Crippen LogP contribution in [0.25, 0.3) is 0 Å². The van der Waals surface area contributed by atoms with Crippen LogP contribution >= 0.6 is 11.3 Å². The summed E-state index contributed by atoms with van der Waals surface area (Å²) in [6.07, 6.45) is 3.58. The molecule has 2 unspecified atom stereocenters. The number of nitrogens with zero attached hydrogens (tertiary/aromatic N) is 2. The Labute approximate surface area is 129 Å². The van der Waals surface area contributed by atoms with Gasteiger partial charge in [0.05, 0.1) is 6.04 Å². The zero-order chi connectivity index (χ0) is 14.5. The van der Waals surface area contributed by atoms with E-state index >= 15 is 0 Å². The molecule has 3 rings (SSSR count). The van der Waals surface area contributed by atoms with Crippen LogP contribution in [-0.4, -0.2) is 23.3 Å². The second-order valence-corrected chi connectivity index (χ2v) is 6.28. The predicted octanol–water partition coefficient (Wildman–Crippen LogP) is 3.48. The summed E-state index contributed by atoms with van der Waals surface area (Å²) >= 11 is 1.67. The van der Waals surface area contributed by atoms with Crippen molar-refractivity contribution < 1.29 is 4.74 Å². The first kappa shape index (κ1) is 14.6. The van der Waals surface area contributed by atoms with E-state index in [-0.39, 0.29) is 12.1 Å². The Morgan fingerprint density at radius 3 is 2.86 bits per heavy atom. The molecule has 0 spiro atoms. The first-order chi connectivity index (χ1) is 10.4. The van der Waals surface area contributed by atoms with E-state index < -0.39 is 0 Å². The fraction of sp³-hybridized carbons (Fsp3) is 0.500. The highest BCUT2D eigenvalue weighted by atomic mass is 32.1. The average Bonchev–Trinajstić information content (AvgIpc) is 3.04. The Hall–Kier alpha value is -1.30. The molecule has 0 saturated carbocycles. The molecule has 0 radical (unpaired) electrons. The Kier molecular flexibility index (Phi) is 4.95. The van der Waals surface area contributed by atoms with E-state index in [0.717, 1.165) is 36.0 Å². The van der Waals surface area contributed by atoms with Gasteiger partial charge in [-0.3, -0.25) is 0 Å². The molecule has 21 heavy (non-hydrogen) atoms. The monoisotopic (exact) mass is 303 g/mol. The molecule has 1 aromatic heterocycles. The number of benzene rings is 1. The molecule has 112 valence electrons. The number of ether oxygens (including phenoxy) is 1. The van der Waals surface area contributed by atoms with Crippen LogP contribution in [0.1, 0.15) is 53.9 Å². The molecule has 1 fully saturated rings. The van der Waals surface area contributed by atoms with Crippen molar-refractivity contribution in [1.29, 1.82) is 0 Å². The predicted molar refractivity (Wildman–Crippen MR) is 84.4 cm³/mol. The maximum Gasteiger partial charge on any atom is 0.146 e. The minimum absolute atomic E-state index is 0.117. The Bertz CT molecular complexity index is 552. The van der Waals surface area contributed by atoms with Crippen LogP contribution < -0.4 is 5.32 Å².